The molecule has 0 rings (SSSR count). The fraction of sp³-hybridized carbons (Fsp3) is 0. The molecule has 0 aromatic rings. The summed E-state index contributed by atoms with van der Waals surface area (Å²) >= 11 is 0. The van der Waals surface area contributed by atoms with Crippen molar-refractivity contribution in [2.75, 3.05) is 0 Å². The van der Waals surface area contributed by atoms with E-state index >= 15 is 0 Å². The number of hydrogen-bond donors (Lipinski definition) is 0. The van der Waals surface area contributed by atoms with Crippen LogP contribution in [0, 0.1) is 39.9 Å². The second kappa shape index (κ2) is 16.2. The van der Waals surface area contributed by atoms with E-state index < -0.39 is 0 Å². The van der Waals surface area contributed by atoms with Crippen molar-refractivity contribution in [3.05, 3.63) is 0 Å². The summed E-state index contributed by atoms with van der Waals surface area (Å²) in [5, 5.41) is 0. The molecule has 0 atom stereocenters. The molecule has 0 bridgehead atoms. The van der Waals surface area contributed by atoms with Crippen LogP contribution in [0.2, 0.25) is 0 Å². The van der Waals surface area contributed by atoms with Gasteiger partial charge in [-0.05, 0) is 0 Å². The van der Waals surface area contributed by atoms with Crippen molar-refractivity contribution in [2.24, 2.45) is 0 Å². The van der Waals surface area contributed by atoms with Gasteiger partial charge in [-0.25, -0.2) is 0 Å². The largest absolute Gasteiger partial charge is 0.316 e. The minimum absolute atomic E-state index is 0. The predicted octanol–water partition coefficient (Wildman–Crippen LogP) is -1.57. The van der Waals surface area contributed by atoms with Crippen LogP contribution in [-0.4, -0.2) is 41.9 Å². The van der Waals surface area contributed by atoms with Gasteiger partial charge in [-0.1, -0.05) is 0 Å². The zero-order valence-electron chi connectivity index (χ0n) is 1.06. The third kappa shape index (κ3) is 9.00. The Morgan fingerprint density at radius 1 is 1.00 bits per heavy atom. The van der Waals surface area contributed by atoms with Gasteiger partial charge in [0.05, 0.1) is 0 Å². The summed E-state index contributed by atoms with van der Waals surface area (Å²) in [6.07, 6.45) is 0. The van der Waals surface area contributed by atoms with Crippen molar-refractivity contribution in [1.82, 2.24) is 0 Å². The molecule has 0 saturated heterocycles. The molecule has 0 fully saturated rings. The van der Waals surface area contributed by atoms with Crippen molar-refractivity contribution in [3.63, 3.8) is 0 Å². The minimum Gasteiger partial charge on any atom is 0 e. The van der Waals surface area contributed by atoms with E-state index in [0.29, 0.717) is 0 Å². The molecule has 0 aliphatic carbocycles. The maximum atomic E-state index is 0. The van der Waals surface area contributed by atoms with Gasteiger partial charge in [-0.15, -0.1) is 0 Å². The van der Waals surface area contributed by atoms with Crippen molar-refractivity contribution >= 4 is 41.9 Å². The first kappa shape index (κ1) is 26.6. The summed E-state index contributed by atoms with van der Waals surface area (Å²) < 4.78 is 0. The Hall–Kier alpha value is 3.31. The van der Waals surface area contributed by atoms with Crippen LogP contribution >= 0.6 is 0 Å². The van der Waals surface area contributed by atoms with E-state index in [1.165, 1.54) is 0 Å². The normalized spacial score (nSPS) is 0. The van der Waals surface area contributed by atoms with Crippen molar-refractivity contribution < 1.29 is 59.4 Å². The van der Waals surface area contributed by atoms with Gasteiger partial charge in [0.15, 0.2) is 0 Å². The molecule has 0 aromatic heterocycles. The first-order valence-electron chi connectivity index (χ1n) is 0. The zero-order valence-corrected chi connectivity index (χ0v) is 6.30. The Bertz CT molecular complexity index is 8.00. The van der Waals surface area contributed by atoms with Gasteiger partial charge in [0.2, 0.25) is 0 Å². The molecule has 0 amide bonds. The van der Waals surface area contributed by atoms with Crippen molar-refractivity contribution in [1.29, 1.82) is 0 Å². The maximum absolute atomic E-state index is 0. The Labute approximate surface area is 99.0 Å². The molecule has 0 aliphatic rings. The summed E-state index contributed by atoms with van der Waals surface area (Å²) in [4.78, 5) is 0. The molecule has 0 heterocycles. The van der Waals surface area contributed by atoms with E-state index in [1.54, 1.807) is 0 Å². The van der Waals surface area contributed by atoms with Crippen LogP contribution in [0.1, 0.15) is 0 Å². The molecule has 4 heteroatoms. The van der Waals surface area contributed by atoms with E-state index in [0.717, 1.165) is 0 Å². The standard InChI is InChI=1S/Gd.Li.Mg.Zn.3H. The van der Waals surface area contributed by atoms with Crippen LogP contribution in [0.3, 0.4) is 0 Å². The molecule has 0 spiro atoms. The summed E-state index contributed by atoms with van der Waals surface area (Å²) in [5.74, 6) is 0. The average molecular weight is 257 g/mol. The second-order valence-corrected chi connectivity index (χ2v) is 0. The van der Waals surface area contributed by atoms with Crippen LogP contribution in [-0.2, 0) is 19.5 Å². The van der Waals surface area contributed by atoms with Crippen LogP contribution in [0.15, 0.2) is 0 Å². The topological polar surface area (TPSA) is 0 Å². The first-order valence-corrected chi connectivity index (χ1v) is 0. The summed E-state index contributed by atoms with van der Waals surface area (Å²) in [5.41, 5.74) is 0. The molecule has 0 saturated carbocycles. The molecule has 4 heavy (non-hydrogen) atoms. The first-order chi connectivity index (χ1) is 0. The predicted molar refractivity (Wildman–Crippen MR) is 15.7 cm³/mol. The minimum atomic E-state index is 0. The Kier molecular flexibility index (Phi) is 108. The fourth-order valence-corrected chi connectivity index (χ4v) is 0. The van der Waals surface area contributed by atoms with E-state index in [1.807, 2.05) is 0 Å². The third-order valence-electron chi connectivity index (χ3n) is 0. The van der Waals surface area contributed by atoms with Gasteiger partial charge in [0.25, 0.3) is 0 Å². The monoisotopic (exact) mass is 256 g/mol. The molecular formula is H3GdLiMgZn. The van der Waals surface area contributed by atoms with Gasteiger partial charge < -0.3 is 0 Å². The molecule has 0 aliphatic heterocycles. The van der Waals surface area contributed by atoms with Gasteiger partial charge in [0, 0.05) is 59.4 Å². The van der Waals surface area contributed by atoms with E-state index in [2.05, 4.69) is 0 Å². The van der Waals surface area contributed by atoms with Crippen LogP contribution in [0.25, 0.3) is 0 Å². The SMILES string of the molecule is [Gd].[LiH].[MgH2].[Zn]. The quantitative estimate of drug-likeness (QED) is 0.460. The summed E-state index contributed by atoms with van der Waals surface area (Å²) in [6.45, 7) is 0. The number of rotatable bonds is 0. The average Bonchev–Trinajstić information content (AvgIpc) is 0. The van der Waals surface area contributed by atoms with Gasteiger partial charge >= 0.3 is 41.9 Å². The Morgan fingerprint density at radius 3 is 1.00 bits per heavy atom. The number of hydrogen-bond acceptors (Lipinski definition) is 0. The van der Waals surface area contributed by atoms with Crippen molar-refractivity contribution in [2.45, 2.75) is 0 Å². The smallest absolute Gasteiger partial charge is 0 e. The van der Waals surface area contributed by atoms with E-state index in [-0.39, 0.29) is 101 Å². The molecule has 0 radical (unpaired) electrons. The Balaban J connectivity index is 0. The molecular weight excluding hydrogens is 254 g/mol. The molecule has 0 aromatic carbocycles. The summed E-state index contributed by atoms with van der Waals surface area (Å²) in [7, 11) is 0. The van der Waals surface area contributed by atoms with Gasteiger partial charge in [-0.2, -0.15) is 0 Å². The maximum Gasteiger partial charge on any atom is 0.316 e. The molecule has 0 unspecified atom stereocenters. The van der Waals surface area contributed by atoms with Gasteiger partial charge in [0.1, 0.15) is 0 Å². The third-order valence-corrected chi connectivity index (χ3v) is 0. The second-order valence-electron chi connectivity index (χ2n) is 0. The van der Waals surface area contributed by atoms with Gasteiger partial charge in [-0.3, -0.25) is 0 Å². The Morgan fingerprint density at radius 2 is 1.00 bits per heavy atom. The summed E-state index contributed by atoms with van der Waals surface area (Å²) in [6, 6.07) is 0. The molecule has 0 N–H and O–H groups in total. The van der Waals surface area contributed by atoms with E-state index in [4.69, 9.17) is 0 Å². The van der Waals surface area contributed by atoms with E-state index in [9.17, 15) is 0 Å². The fourth-order valence-electron chi connectivity index (χ4n) is 0. The van der Waals surface area contributed by atoms with Crippen LogP contribution < -0.4 is 0 Å². The van der Waals surface area contributed by atoms with Crippen molar-refractivity contribution in [3.8, 4) is 0 Å². The van der Waals surface area contributed by atoms with Crippen LogP contribution in [0.4, 0.5) is 0 Å². The van der Waals surface area contributed by atoms with Crippen LogP contribution in [0.5, 0.6) is 0 Å². The zero-order chi connectivity index (χ0) is 0. The molecule has 0 nitrogen and oxygen atoms in total. The molecule has 16 valence electrons.